The van der Waals surface area contributed by atoms with Crippen LogP contribution in [-0.4, -0.2) is 126 Å². The van der Waals surface area contributed by atoms with E-state index in [-0.39, 0.29) is 61.3 Å². The van der Waals surface area contributed by atoms with Crippen LogP contribution >= 0.6 is 0 Å². The van der Waals surface area contributed by atoms with E-state index < -0.39 is 11.8 Å². The van der Waals surface area contributed by atoms with Gasteiger partial charge in [-0.3, -0.25) is 9.59 Å². The number of carboxylic acids is 1. The summed E-state index contributed by atoms with van der Waals surface area (Å²) in [6.07, 6.45) is 1.63. The van der Waals surface area contributed by atoms with Gasteiger partial charge in [-0.05, 0) is 24.5 Å². The Morgan fingerprint density at radius 1 is 1.21 bits per heavy atom. The second-order valence-electron chi connectivity index (χ2n) is 11.0. The molecular weight excluding hydrogens is 631 g/mol. The Morgan fingerprint density at radius 3 is 2.44 bits per heavy atom. The van der Waals surface area contributed by atoms with Crippen LogP contribution in [0, 0.1) is 17.7 Å². The smallest absolute Gasteiger partial charge is 0.373 e. The number of amides is 2. The van der Waals surface area contributed by atoms with Crippen molar-refractivity contribution in [3.05, 3.63) is 54.1 Å². The molecule has 2 fully saturated rings. The molecule has 2 amide bonds. The molecule has 0 unspecified atom stereocenters. The molecule has 0 saturated carbocycles. The van der Waals surface area contributed by atoms with Gasteiger partial charge in [-0.15, -0.1) is 5.10 Å². The number of aromatic nitrogens is 3. The van der Waals surface area contributed by atoms with Crippen molar-refractivity contribution in [1.29, 1.82) is 0 Å². The van der Waals surface area contributed by atoms with E-state index in [2.05, 4.69) is 22.2 Å². The zero-order valence-corrected chi connectivity index (χ0v) is 26.9. The summed E-state index contributed by atoms with van der Waals surface area (Å²) in [5.41, 5.74) is 0.651. The fourth-order valence-corrected chi connectivity index (χ4v) is 5.04. The van der Waals surface area contributed by atoms with Crippen LogP contribution in [0.3, 0.4) is 0 Å². The number of halogens is 1. The van der Waals surface area contributed by atoms with Crippen LogP contribution in [0.5, 0.6) is 0 Å². The minimum absolute atomic E-state index is 0. The maximum atomic E-state index is 14.7. The maximum absolute atomic E-state index is 14.7. The lowest BCUT2D eigenvalue weighted by atomic mass is 9.92. The van der Waals surface area contributed by atoms with Gasteiger partial charge in [-0.1, -0.05) is 45.2 Å². The average Bonchev–Trinajstić information content (AvgIpc) is 3.49. The third kappa shape index (κ3) is 12.7. The summed E-state index contributed by atoms with van der Waals surface area (Å²) in [5, 5.41) is 19.3. The van der Waals surface area contributed by atoms with Gasteiger partial charge < -0.3 is 34.4 Å². The summed E-state index contributed by atoms with van der Waals surface area (Å²) in [6, 6.07) is 5.98. The number of morpholine rings is 1. The lowest BCUT2D eigenvalue weighted by molar-refractivity contribution is -0.191. The van der Waals surface area contributed by atoms with E-state index in [0.29, 0.717) is 71.3 Å². The Labute approximate surface area is 280 Å². The molecule has 0 aliphatic carbocycles. The molecular formula is C32H47FN6O9. The van der Waals surface area contributed by atoms with Gasteiger partial charge in [0.05, 0.1) is 39.0 Å². The van der Waals surface area contributed by atoms with Crippen LogP contribution in [0.25, 0.3) is 5.69 Å². The summed E-state index contributed by atoms with van der Waals surface area (Å²) in [6.45, 7) is 11.6. The summed E-state index contributed by atoms with van der Waals surface area (Å²) >= 11 is 0. The first-order valence-corrected chi connectivity index (χ1v) is 15.1. The van der Waals surface area contributed by atoms with Crippen molar-refractivity contribution in [3.63, 3.8) is 0 Å². The first-order chi connectivity index (χ1) is 22.6. The Kier molecular flexibility index (Phi) is 19.3. The number of ether oxygens (including phenoxy) is 3. The van der Waals surface area contributed by atoms with Crippen molar-refractivity contribution >= 4 is 23.9 Å². The van der Waals surface area contributed by atoms with Crippen molar-refractivity contribution < 1.29 is 47.7 Å². The normalized spacial score (nSPS) is 17.0. The number of nitrogens with one attached hydrogen (secondary N) is 1. The third-order valence-electron chi connectivity index (χ3n) is 7.15. The summed E-state index contributed by atoms with van der Waals surface area (Å²) in [5.74, 6) is -1.76. The molecule has 2 aliphatic rings. The topological polar surface area (TPSA) is 182 Å². The Morgan fingerprint density at radius 2 is 1.85 bits per heavy atom. The van der Waals surface area contributed by atoms with Crippen LogP contribution < -0.4 is 5.32 Å². The van der Waals surface area contributed by atoms with Crippen LogP contribution in [0.2, 0.25) is 0 Å². The van der Waals surface area contributed by atoms with Gasteiger partial charge in [0.1, 0.15) is 17.2 Å². The maximum Gasteiger partial charge on any atom is 0.373 e. The first kappa shape index (κ1) is 41.7. The number of carbonyl (C=O) groups excluding carboxylic acids is 4. The summed E-state index contributed by atoms with van der Waals surface area (Å²) in [7, 11) is 1.57. The fraction of sp³-hybridized carbons (Fsp3) is 0.562. The quantitative estimate of drug-likeness (QED) is 0.246. The van der Waals surface area contributed by atoms with Crippen molar-refractivity contribution in [2.24, 2.45) is 11.8 Å². The minimum Gasteiger partial charge on any atom is -0.478 e. The Hall–Kier alpha value is -4.34. The predicted molar refractivity (Wildman–Crippen MR) is 170 cm³/mol. The van der Waals surface area contributed by atoms with E-state index in [1.54, 1.807) is 30.2 Å². The molecule has 1 aromatic carbocycles. The standard InChI is InChI=1S/C27H39FN6O5.C3H4O2.CO2.CH4/c1-19(2)17-33(21-14-20(15-29-16-21)26(35)32-8-10-38-11-9-32)27(36)25-24(18-39-13-12-37-3)34(31-30-25)23-7-5-4-6-22(23)28;1-2-3(4)5;2-1-3;/h4-7,19-21,29H,8-18H2,1-3H3;2H,1H2,(H,4,5);;1H4/t20-,21+;;;/m1.../s1. The zero-order valence-electron chi connectivity index (χ0n) is 26.9. The van der Waals surface area contributed by atoms with E-state index in [9.17, 15) is 18.8 Å². The van der Waals surface area contributed by atoms with Crippen LogP contribution in [0.15, 0.2) is 36.9 Å². The number of aliphatic carboxylic acids is 1. The predicted octanol–water partition coefficient (Wildman–Crippen LogP) is 1.81. The molecule has 2 aliphatic heterocycles. The Bertz CT molecular complexity index is 1340. The molecule has 3 heterocycles. The highest BCUT2D eigenvalue weighted by molar-refractivity contribution is 5.93. The number of piperidine rings is 1. The lowest BCUT2D eigenvalue weighted by Crippen LogP contribution is -2.56. The van der Waals surface area contributed by atoms with Gasteiger partial charge in [0.2, 0.25) is 5.91 Å². The van der Waals surface area contributed by atoms with E-state index >= 15 is 0 Å². The molecule has 2 atom stereocenters. The molecule has 0 spiro atoms. The number of rotatable bonds is 12. The van der Waals surface area contributed by atoms with Crippen molar-refractivity contribution in [2.75, 3.05) is 66.3 Å². The molecule has 0 bridgehead atoms. The number of carbonyl (C=O) groups is 3. The second-order valence-corrected chi connectivity index (χ2v) is 11.0. The number of carboxylic acid groups (broad SMARTS) is 1. The minimum atomic E-state index is -0.981. The molecule has 2 saturated heterocycles. The van der Waals surface area contributed by atoms with E-state index in [1.165, 1.54) is 10.7 Å². The fourth-order valence-electron chi connectivity index (χ4n) is 5.04. The number of benzene rings is 1. The highest BCUT2D eigenvalue weighted by atomic mass is 19.1. The molecule has 4 rings (SSSR count). The number of para-hydroxylation sites is 1. The summed E-state index contributed by atoms with van der Waals surface area (Å²) in [4.78, 5) is 56.5. The highest BCUT2D eigenvalue weighted by Gasteiger charge is 2.37. The van der Waals surface area contributed by atoms with Crippen LogP contribution in [0.1, 0.15) is 43.9 Å². The molecule has 266 valence electrons. The number of methoxy groups -OCH3 is 1. The molecule has 0 radical (unpaired) electrons. The monoisotopic (exact) mass is 678 g/mol. The van der Waals surface area contributed by atoms with Gasteiger partial charge >= 0.3 is 12.1 Å². The number of hydrogen-bond donors (Lipinski definition) is 2. The largest absolute Gasteiger partial charge is 0.478 e. The first-order valence-electron chi connectivity index (χ1n) is 15.1. The van der Waals surface area contributed by atoms with Crippen molar-refractivity contribution in [3.8, 4) is 5.69 Å². The van der Waals surface area contributed by atoms with Crippen molar-refractivity contribution in [1.82, 2.24) is 30.1 Å². The van der Waals surface area contributed by atoms with Gasteiger partial charge in [0.25, 0.3) is 5.91 Å². The average molecular weight is 679 g/mol. The molecule has 16 heteroatoms. The van der Waals surface area contributed by atoms with E-state index in [0.717, 1.165) is 6.08 Å². The number of nitrogens with zero attached hydrogens (tertiary/aromatic N) is 5. The molecule has 2 N–H and O–H groups in total. The second kappa shape index (κ2) is 22.3. The zero-order chi connectivity index (χ0) is 34.8. The van der Waals surface area contributed by atoms with E-state index in [1.807, 2.05) is 18.7 Å². The van der Waals surface area contributed by atoms with E-state index in [4.69, 9.17) is 28.9 Å². The highest BCUT2D eigenvalue weighted by Crippen LogP contribution is 2.24. The van der Waals surface area contributed by atoms with Gasteiger partial charge in [-0.25, -0.2) is 13.9 Å². The van der Waals surface area contributed by atoms with Crippen molar-refractivity contribution in [2.45, 2.75) is 40.3 Å². The SMILES string of the molecule is C.C=CC(=O)O.COCCOCc1c(C(=O)N(CC(C)C)[C@@H]2CNC[C@H](C(=O)N3CCOCC3)C2)nnn1-c1ccccc1F.O=C=O. The molecule has 15 nitrogen and oxygen atoms in total. The summed E-state index contributed by atoms with van der Waals surface area (Å²) < 4.78 is 32.2. The molecule has 48 heavy (non-hydrogen) atoms. The Balaban J connectivity index is 0.00000115. The van der Waals surface area contributed by atoms with Crippen LogP contribution in [0.4, 0.5) is 4.39 Å². The lowest BCUT2D eigenvalue weighted by Gasteiger charge is -2.40. The van der Waals surface area contributed by atoms with Gasteiger partial charge in [-0.2, -0.15) is 9.59 Å². The number of hydrogen-bond acceptors (Lipinski definition) is 11. The molecule has 1 aromatic heterocycles. The van der Waals surface area contributed by atoms with Crippen LogP contribution in [-0.2, 0) is 40.0 Å². The van der Waals surface area contributed by atoms with Gasteiger partial charge in [0.15, 0.2) is 5.69 Å². The third-order valence-corrected chi connectivity index (χ3v) is 7.15. The van der Waals surface area contributed by atoms with Gasteiger partial charge in [0, 0.05) is 52.0 Å². The molecule has 2 aromatic rings.